The molecule has 5 rings (SSSR count). The van der Waals surface area contributed by atoms with Crippen LogP contribution in [0.25, 0.3) is 11.1 Å². The summed E-state index contributed by atoms with van der Waals surface area (Å²) in [5.74, 6) is 0. The van der Waals surface area contributed by atoms with Gasteiger partial charge in [-0.15, -0.1) is 0 Å². The van der Waals surface area contributed by atoms with Crippen LogP contribution in [0.2, 0.25) is 0 Å². The number of fused-ring (bicyclic) bond motifs is 1. The van der Waals surface area contributed by atoms with Crippen LogP contribution in [0.4, 0.5) is 17.1 Å². The molecule has 0 bridgehead atoms. The molecule has 0 amide bonds. The molecule has 0 unspecified atom stereocenters. The molecule has 4 heteroatoms. The Morgan fingerprint density at radius 2 is 1.09 bits per heavy atom. The molecule has 1 aliphatic heterocycles. The minimum Gasteiger partial charge on any atom is -0.310 e. The summed E-state index contributed by atoms with van der Waals surface area (Å²) < 4.78 is 2.14. The van der Waals surface area contributed by atoms with Crippen LogP contribution in [0, 0.1) is 0 Å². The lowest BCUT2D eigenvalue weighted by Crippen LogP contribution is -2.42. The fourth-order valence-corrected chi connectivity index (χ4v) is 5.80. The van der Waals surface area contributed by atoms with E-state index in [1.807, 2.05) is 0 Å². The van der Waals surface area contributed by atoms with E-state index in [1.54, 1.807) is 0 Å². The second kappa shape index (κ2) is 8.92. The molecule has 0 saturated carbocycles. The van der Waals surface area contributed by atoms with Gasteiger partial charge in [-0.05, 0) is 124 Å². The second-order valence-corrected chi connectivity index (χ2v) is 12.1. The maximum atomic E-state index is 3.58. The van der Waals surface area contributed by atoms with E-state index in [9.17, 15) is 0 Å². The van der Waals surface area contributed by atoms with Gasteiger partial charge in [-0.3, -0.25) is 4.90 Å². The Kier molecular flexibility index (Phi) is 6.19. The van der Waals surface area contributed by atoms with E-state index in [4.69, 9.17) is 0 Å². The van der Waals surface area contributed by atoms with Crippen molar-refractivity contribution in [2.45, 2.75) is 38.8 Å². The molecule has 1 heterocycles. The Morgan fingerprint density at radius 3 is 1.66 bits per heavy atom. The average Bonchev–Trinajstić information content (AvgIpc) is 2.98. The summed E-state index contributed by atoms with van der Waals surface area (Å²) in [5.41, 5.74) is 8.64. The number of benzene rings is 4. The van der Waals surface area contributed by atoms with E-state index in [0.717, 1.165) is 26.0 Å². The van der Waals surface area contributed by atoms with E-state index in [1.165, 1.54) is 22.3 Å². The fourth-order valence-electron chi connectivity index (χ4n) is 5.28. The van der Waals surface area contributed by atoms with Crippen molar-refractivity contribution in [3.63, 3.8) is 0 Å². The van der Waals surface area contributed by atoms with E-state index >= 15 is 0 Å². The largest absolute Gasteiger partial charge is 0.310 e. The van der Waals surface area contributed by atoms with E-state index in [2.05, 4.69) is 167 Å². The van der Waals surface area contributed by atoms with E-state index in [-0.39, 0.29) is 11.1 Å². The molecule has 0 N–H and O–H groups in total. The first-order valence-corrected chi connectivity index (χ1v) is 13.5. The zero-order valence-electron chi connectivity index (χ0n) is 20.8. The smallest absolute Gasteiger partial charge is 0.0467 e. The number of anilines is 3. The molecule has 4 aromatic rings. The van der Waals surface area contributed by atoms with Gasteiger partial charge < -0.3 is 4.90 Å². The highest BCUT2D eigenvalue weighted by atomic mass is 79.9. The van der Waals surface area contributed by atoms with Crippen LogP contribution in [-0.2, 0) is 11.1 Å². The van der Waals surface area contributed by atoms with Crippen molar-refractivity contribution < 1.29 is 0 Å². The summed E-state index contributed by atoms with van der Waals surface area (Å²) in [6.45, 7) is 9.28. The molecule has 178 valence electrons. The maximum absolute atomic E-state index is 3.58. The van der Waals surface area contributed by atoms with Gasteiger partial charge in [0.15, 0.2) is 0 Å². The van der Waals surface area contributed by atoms with Gasteiger partial charge in [-0.1, -0.05) is 56.1 Å². The first-order valence-electron chi connectivity index (χ1n) is 11.9. The molecule has 0 aliphatic carbocycles. The summed E-state index contributed by atoms with van der Waals surface area (Å²) in [6.07, 6.45) is 0. The fraction of sp³-hybridized carbons (Fsp3) is 0.226. The molecule has 0 aromatic heterocycles. The topological polar surface area (TPSA) is 6.48 Å². The zero-order chi connectivity index (χ0) is 25.0. The molecular weight excluding hydrogens is 560 g/mol. The number of hydrogen-bond donors (Lipinski definition) is 0. The minimum atomic E-state index is -0.0205. The van der Waals surface area contributed by atoms with Crippen LogP contribution in [0.5, 0.6) is 0 Å². The Hall–Kier alpha value is -2.40. The molecule has 0 saturated heterocycles. The van der Waals surface area contributed by atoms with Crippen LogP contribution in [-0.4, -0.2) is 11.9 Å². The summed E-state index contributed by atoms with van der Waals surface area (Å²) >= 11 is 7.15. The summed E-state index contributed by atoms with van der Waals surface area (Å²) in [5, 5.41) is 0. The summed E-state index contributed by atoms with van der Waals surface area (Å²) in [6, 6.07) is 32.8. The van der Waals surface area contributed by atoms with Gasteiger partial charge in [-0.2, -0.15) is 0 Å². The van der Waals surface area contributed by atoms with Crippen LogP contribution in [0.15, 0.2) is 99.9 Å². The molecule has 1 aliphatic rings. The van der Waals surface area contributed by atoms with Gasteiger partial charge in [0.1, 0.15) is 0 Å². The SMILES string of the molecule is CN1C(C)(C)c2ccc(-c3cccc(N(c4ccc(Br)cc4)c4ccc(Br)cc4)c3)cc2C1(C)C. The van der Waals surface area contributed by atoms with Crippen molar-refractivity contribution >= 4 is 48.9 Å². The Morgan fingerprint density at radius 1 is 0.571 bits per heavy atom. The lowest BCUT2D eigenvalue weighted by atomic mass is 9.88. The first kappa shape index (κ1) is 24.3. The third kappa shape index (κ3) is 4.26. The van der Waals surface area contributed by atoms with Crippen LogP contribution >= 0.6 is 31.9 Å². The Balaban J connectivity index is 1.61. The molecule has 4 aromatic carbocycles. The lowest BCUT2D eigenvalue weighted by Gasteiger charge is -2.37. The lowest BCUT2D eigenvalue weighted by molar-refractivity contribution is 0.0730. The van der Waals surface area contributed by atoms with Gasteiger partial charge in [0, 0.05) is 37.1 Å². The van der Waals surface area contributed by atoms with Crippen molar-refractivity contribution in [3.8, 4) is 11.1 Å². The number of rotatable bonds is 4. The van der Waals surface area contributed by atoms with Crippen molar-refractivity contribution in [3.05, 3.63) is 111 Å². The van der Waals surface area contributed by atoms with Crippen molar-refractivity contribution in [1.29, 1.82) is 0 Å². The highest BCUT2D eigenvalue weighted by Crippen LogP contribution is 2.49. The van der Waals surface area contributed by atoms with Crippen LogP contribution < -0.4 is 4.90 Å². The normalized spacial score (nSPS) is 16.2. The molecule has 2 nitrogen and oxygen atoms in total. The predicted octanol–water partition coefficient (Wildman–Crippen LogP) is 9.76. The summed E-state index contributed by atoms with van der Waals surface area (Å²) in [7, 11) is 2.23. The number of halogens is 2. The molecular formula is C31H30Br2N2. The average molecular weight is 590 g/mol. The molecule has 0 atom stereocenters. The van der Waals surface area contributed by atoms with E-state index in [0.29, 0.717) is 0 Å². The number of hydrogen-bond acceptors (Lipinski definition) is 2. The van der Waals surface area contributed by atoms with Gasteiger partial charge in [-0.25, -0.2) is 0 Å². The highest BCUT2D eigenvalue weighted by molar-refractivity contribution is 9.10. The second-order valence-electron chi connectivity index (χ2n) is 10.3. The first-order chi connectivity index (χ1) is 16.6. The van der Waals surface area contributed by atoms with Crippen molar-refractivity contribution in [1.82, 2.24) is 4.90 Å². The van der Waals surface area contributed by atoms with E-state index < -0.39 is 0 Å². The van der Waals surface area contributed by atoms with Crippen LogP contribution in [0.3, 0.4) is 0 Å². The van der Waals surface area contributed by atoms with Gasteiger partial charge >= 0.3 is 0 Å². The molecule has 35 heavy (non-hydrogen) atoms. The Bertz CT molecular complexity index is 1330. The molecule has 0 radical (unpaired) electrons. The molecule has 0 fully saturated rings. The zero-order valence-corrected chi connectivity index (χ0v) is 24.0. The summed E-state index contributed by atoms with van der Waals surface area (Å²) in [4.78, 5) is 4.78. The van der Waals surface area contributed by atoms with Crippen molar-refractivity contribution in [2.75, 3.05) is 11.9 Å². The monoisotopic (exact) mass is 588 g/mol. The third-order valence-corrected chi connectivity index (χ3v) is 8.68. The Labute approximate surface area is 225 Å². The van der Waals surface area contributed by atoms with Crippen molar-refractivity contribution in [2.24, 2.45) is 0 Å². The third-order valence-electron chi connectivity index (χ3n) is 7.62. The molecule has 0 spiro atoms. The van der Waals surface area contributed by atoms with Gasteiger partial charge in [0.2, 0.25) is 0 Å². The minimum absolute atomic E-state index is 0.0131. The maximum Gasteiger partial charge on any atom is 0.0467 e. The van der Waals surface area contributed by atoms with Gasteiger partial charge in [0.05, 0.1) is 0 Å². The number of nitrogens with zero attached hydrogens (tertiary/aromatic N) is 2. The standard InChI is InChI=1S/C31H30Br2N2/c1-30(2)28-18-9-22(20-29(28)31(3,4)34(30)5)21-7-6-8-27(19-21)35(25-14-10-23(32)11-15-25)26-16-12-24(33)13-17-26/h6-20H,1-5H3. The highest BCUT2D eigenvalue weighted by Gasteiger charge is 2.46. The van der Waals surface area contributed by atoms with Crippen LogP contribution in [0.1, 0.15) is 38.8 Å². The van der Waals surface area contributed by atoms with Gasteiger partial charge in [0.25, 0.3) is 0 Å². The predicted molar refractivity (Wildman–Crippen MR) is 156 cm³/mol. The quantitative estimate of drug-likeness (QED) is 0.234.